The molecule has 1 aliphatic rings. The summed E-state index contributed by atoms with van der Waals surface area (Å²) in [6, 6.07) is 0. The van der Waals surface area contributed by atoms with Crippen LogP contribution in [-0.4, -0.2) is 35.8 Å². The number of rotatable bonds is 4. The highest BCUT2D eigenvalue weighted by Gasteiger charge is 2.32. The van der Waals surface area contributed by atoms with E-state index < -0.39 is 0 Å². The highest BCUT2D eigenvalue weighted by Crippen LogP contribution is 2.30. The summed E-state index contributed by atoms with van der Waals surface area (Å²) in [5, 5.41) is 0.572. The fourth-order valence-corrected chi connectivity index (χ4v) is 2.90. The summed E-state index contributed by atoms with van der Waals surface area (Å²) in [5.74, 6) is 1.80. The number of aromatic nitrogens is 2. The Morgan fingerprint density at radius 3 is 2.80 bits per heavy atom. The molecule has 1 aliphatic heterocycles. The Bertz CT molecular complexity index is 480. The van der Waals surface area contributed by atoms with Gasteiger partial charge in [-0.1, -0.05) is 18.5 Å². The molecule has 1 saturated heterocycles. The van der Waals surface area contributed by atoms with E-state index >= 15 is 0 Å². The minimum absolute atomic E-state index is 0.104. The Balaban J connectivity index is 2.31. The van der Waals surface area contributed by atoms with Gasteiger partial charge in [-0.25, -0.2) is 9.97 Å². The fraction of sp³-hybridized carbons (Fsp3) is 0.733. The van der Waals surface area contributed by atoms with Crippen molar-refractivity contribution in [3.8, 4) is 0 Å². The monoisotopic (exact) mass is 297 g/mol. The van der Waals surface area contributed by atoms with Gasteiger partial charge >= 0.3 is 0 Å². The van der Waals surface area contributed by atoms with Gasteiger partial charge in [-0.05, 0) is 33.1 Å². The molecular weight excluding hydrogens is 274 g/mol. The zero-order valence-corrected chi connectivity index (χ0v) is 13.6. The van der Waals surface area contributed by atoms with Crippen LogP contribution >= 0.6 is 11.6 Å². The minimum Gasteiger partial charge on any atom is -0.377 e. The van der Waals surface area contributed by atoms with Gasteiger partial charge in [-0.3, -0.25) is 0 Å². The van der Waals surface area contributed by atoms with Gasteiger partial charge in [0, 0.05) is 32.2 Å². The Kier molecular flexibility index (Phi) is 4.86. The first-order valence-corrected chi connectivity index (χ1v) is 7.70. The van der Waals surface area contributed by atoms with E-state index in [1.54, 1.807) is 7.11 Å². The Hall–Kier alpha value is -0.870. The van der Waals surface area contributed by atoms with Crippen LogP contribution in [0.4, 0.5) is 5.82 Å². The van der Waals surface area contributed by atoms with Gasteiger partial charge in [-0.2, -0.15) is 0 Å². The highest BCUT2D eigenvalue weighted by atomic mass is 35.5. The van der Waals surface area contributed by atoms with E-state index in [4.69, 9.17) is 21.3 Å². The second-order valence-electron chi connectivity index (χ2n) is 5.81. The maximum absolute atomic E-state index is 6.27. The lowest BCUT2D eigenvalue weighted by molar-refractivity contribution is -0.00484. The van der Waals surface area contributed by atoms with Crippen molar-refractivity contribution in [1.82, 2.24) is 9.97 Å². The molecule has 1 aromatic rings. The summed E-state index contributed by atoms with van der Waals surface area (Å²) in [7, 11) is 1.78. The van der Waals surface area contributed by atoms with Crippen molar-refractivity contribution < 1.29 is 4.74 Å². The molecule has 5 heteroatoms. The lowest BCUT2D eigenvalue weighted by Crippen LogP contribution is -2.48. The summed E-state index contributed by atoms with van der Waals surface area (Å²) in [6.45, 7) is 8.12. The molecule has 1 fully saturated rings. The van der Waals surface area contributed by atoms with Crippen molar-refractivity contribution in [1.29, 1.82) is 0 Å². The van der Waals surface area contributed by atoms with Crippen LogP contribution in [0.5, 0.6) is 0 Å². The third-order valence-electron chi connectivity index (χ3n) is 4.03. The third kappa shape index (κ3) is 3.23. The molecule has 0 aliphatic carbocycles. The lowest BCUT2D eigenvalue weighted by atomic mass is 9.94. The average Bonchev–Trinajstić information content (AvgIpc) is 2.43. The van der Waals surface area contributed by atoms with E-state index in [1.165, 1.54) is 0 Å². The summed E-state index contributed by atoms with van der Waals surface area (Å²) >= 11 is 6.27. The van der Waals surface area contributed by atoms with Gasteiger partial charge in [0.15, 0.2) is 0 Å². The summed E-state index contributed by atoms with van der Waals surface area (Å²) in [4.78, 5) is 11.4. The second-order valence-corrected chi connectivity index (χ2v) is 6.17. The van der Waals surface area contributed by atoms with E-state index in [0.717, 1.165) is 56.0 Å². The van der Waals surface area contributed by atoms with Crippen molar-refractivity contribution >= 4 is 17.4 Å². The van der Waals surface area contributed by atoms with Crippen LogP contribution < -0.4 is 4.90 Å². The first kappa shape index (κ1) is 15.5. The molecule has 20 heavy (non-hydrogen) atoms. The smallest absolute Gasteiger partial charge is 0.137 e. The van der Waals surface area contributed by atoms with Gasteiger partial charge in [0.05, 0.1) is 5.60 Å². The predicted molar refractivity (Wildman–Crippen MR) is 82.6 cm³/mol. The first-order valence-electron chi connectivity index (χ1n) is 7.32. The maximum atomic E-state index is 6.27. The van der Waals surface area contributed by atoms with Gasteiger partial charge in [-0.15, -0.1) is 0 Å². The summed E-state index contributed by atoms with van der Waals surface area (Å²) < 4.78 is 5.66. The molecule has 0 N–H and O–H groups in total. The molecule has 0 amide bonds. The van der Waals surface area contributed by atoms with Crippen LogP contribution in [0.25, 0.3) is 0 Å². The Morgan fingerprint density at radius 1 is 1.40 bits per heavy atom. The molecule has 0 spiro atoms. The fourth-order valence-electron chi connectivity index (χ4n) is 2.72. The van der Waals surface area contributed by atoms with Crippen LogP contribution in [0.15, 0.2) is 0 Å². The molecule has 0 aromatic carbocycles. The quantitative estimate of drug-likeness (QED) is 0.799. The zero-order chi connectivity index (χ0) is 14.8. The number of hydrogen-bond donors (Lipinski definition) is 0. The number of halogens is 1. The molecule has 112 valence electrons. The van der Waals surface area contributed by atoms with Crippen LogP contribution in [-0.2, 0) is 11.2 Å². The zero-order valence-electron chi connectivity index (χ0n) is 12.9. The van der Waals surface area contributed by atoms with Gasteiger partial charge in [0.2, 0.25) is 0 Å². The molecule has 2 heterocycles. The molecule has 1 atom stereocenters. The Morgan fingerprint density at radius 2 is 2.15 bits per heavy atom. The normalized spacial score (nSPS) is 23.1. The average molecular weight is 298 g/mol. The van der Waals surface area contributed by atoms with Crippen molar-refractivity contribution in [2.75, 3.05) is 25.1 Å². The van der Waals surface area contributed by atoms with Crippen molar-refractivity contribution in [2.24, 2.45) is 0 Å². The topological polar surface area (TPSA) is 38.2 Å². The van der Waals surface area contributed by atoms with Crippen molar-refractivity contribution in [2.45, 2.75) is 52.1 Å². The number of aryl methyl sites for hydroxylation is 1. The molecule has 4 nitrogen and oxygen atoms in total. The van der Waals surface area contributed by atoms with E-state index in [2.05, 4.69) is 23.7 Å². The number of nitrogens with zero attached hydrogens (tertiary/aromatic N) is 3. The molecule has 2 rings (SSSR count). The largest absolute Gasteiger partial charge is 0.377 e. The number of ether oxygens (including phenoxy) is 1. The molecular formula is C15H24ClN3O. The predicted octanol–water partition coefficient (Wildman–Crippen LogP) is 3.40. The van der Waals surface area contributed by atoms with Crippen LogP contribution in [0.1, 0.15) is 44.5 Å². The van der Waals surface area contributed by atoms with Gasteiger partial charge in [0.25, 0.3) is 0 Å². The standard InChI is InChI=1S/C15H24ClN3O/c1-5-7-12-17-13(16)11(2)14(18-12)19-9-6-8-15(3,10-19)20-4/h5-10H2,1-4H3. The number of methoxy groups -OCH3 is 1. The second kappa shape index (κ2) is 6.27. The maximum Gasteiger partial charge on any atom is 0.137 e. The molecule has 1 unspecified atom stereocenters. The lowest BCUT2D eigenvalue weighted by Gasteiger charge is -2.40. The van der Waals surface area contributed by atoms with Crippen LogP contribution in [0, 0.1) is 6.92 Å². The number of piperidine rings is 1. The highest BCUT2D eigenvalue weighted by molar-refractivity contribution is 6.30. The SMILES string of the molecule is CCCc1nc(Cl)c(C)c(N2CCCC(C)(OC)C2)n1. The van der Waals surface area contributed by atoms with E-state index in [9.17, 15) is 0 Å². The molecule has 0 saturated carbocycles. The molecule has 0 bridgehead atoms. The van der Waals surface area contributed by atoms with Crippen molar-refractivity contribution in [3.05, 3.63) is 16.5 Å². The van der Waals surface area contributed by atoms with Crippen molar-refractivity contribution in [3.63, 3.8) is 0 Å². The first-order chi connectivity index (χ1) is 9.49. The Labute approximate surface area is 126 Å². The number of hydrogen-bond acceptors (Lipinski definition) is 4. The van der Waals surface area contributed by atoms with E-state index in [1.807, 2.05) is 6.92 Å². The van der Waals surface area contributed by atoms with Crippen LogP contribution in [0.3, 0.4) is 0 Å². The van der Waals surface area contributed by atoms with E-state index in [-0.39, 0.29) is 5.60 Å². The van der Waals surface area contributed by atoms with Gasteiger partial charge in [0.1, 0.15) is 16.8 Å². The minimum atomic E-state index is -0.104. The third-order valence-corrected chi connectivity index (χ3v) is 4.40. The molecule has 1 aromatic heterocycles. The van der Waals surface area contributed by atoms with Gasteiger partial charge < -0.3 is 9.64 Å². The molecule has 0 radical (unpaired) electrons. The summed E-state index contributed by atoms with van der Waals surface area (Å²) in [5.41, 5.74) is 0.861. The van der Waals surface area contributed by atoms with Crippen LogP contribution in [0.2, 0.25) is 5.15 Å². The summed E-state index contributed by atoms with van der Waals surface area (Å²) in [6.07, 6.45) is 4.07. The number of anilines is 1. The van der Waals surface area contributed by atoms with E-state index in [0.29, 0.717) is 5.15 Å².